The molecule has 0 aromatic rings. The summed E-state index contributed by atoms with van der Waals surface area (Å²) in [5.74, 6) is 0. The largest absolute Gasteiger partial charge is 0.383 e. The Hall–Kier alpha value is -0.120. The molecule has 2 unspecified atom stereocenters. The predicted octanol–water partition coefficient (Wildman–Crippen LogP) is 1.86. The summed E-state index contributed by atoms with van der Waals surface area (Å²) in [6.07, 6.45) is 3.55. The van der Waals surface area contributed by atoms with Gasteiger partial charge in [-0.25, -0.2) is 0 Å². The van der Waals surface area contributed by atoms with Gasteiger partial charge in [0.1, 0.15) is 0 Å². The van der Waals surface area contributed by atoms with Crippen molar-refractivity contribution in [1.29, 1.82) is 0 Å². The molecule has 0 aliphatic carbocycles. The maximum Gasteiger partial charge on any atom is 0.0589 e. The Balaban J connectivity index is 4.28. The van der Waals surface area contributed by atoms with E-state index in [1.54, 1.807) is 7.11 Å². The Morgan fingerprint density at radius 1 is 1.33 bits per heavy atom. The third-order valence-electron chi connectivity index (χ3n) is 3.07. The number of nitrogens with two attached hydrogens (primary N) is 1. The van der Waals surface area contributed by atoms with Crippen LogP contribution >= 0.6 is 0 Å². The van der Waals surface area contributed by atoms with Crippen molar-refractivity contribution in [2.24, 2.45) is 5.73 Å². The van der Waals surface area contributed by atoms with Crippen molar-refractivity contribution < 1.29 is 4.74 Å². The van der Waals surface area contributed by atoms with Crippen LogP contribution < -0.4 is 5.73 Å². The number of ether oxygens (including phenoxy) is 1. The molecular weight excluding hydrogens is 188 g/mol. The van der Waals surface area contributed by atoms with Crippen molar-refractivity contribution in [3.8, 4) is 0 Å². The maximum atomic E-state index is 5.84. The zero-order valence-corrected chi connectivity index (χ0v) is 10.8. The van der Waals surface area contributed by atoms with Crippen LogP contribution in [-0.2, 0) is 4.74 Å². The van der Waals surface area contributed by atoms with E-state index in [2.05, 4.69) is 25.7 Å². The van der Waals surface area contributed by atoms with E-state index in [9.17, 15) is 0 Å². The van der Waals surface area contributed by atoms with Gasteiger partial charge in [-0.3, -0.25) is 4.90 Å². The van der Waals surface area contributed by atoms with Gasteiger partial charge in [-0.2, -0.15) is 0 Å². The number of methoxy groups -OCH3 is 1. The highest BCUT2D eigenvalue weighted by Gasteiger charge is 2.20. The lowest BCUT2D eigenvalue weighted by Gasteiger charge is -2.35. The highest BCUT2D eigenvalue weighted by atomic mass is 16.5. The normalized spacial score (nSPS) is 15.6. The summed E-state index contributed by atoms with van der Waals surface area (Å²) in [4.78, 5) is 2.49. The summed E-state index contributed by atoms with van der Waals surface area (Å²) in [7, 11) is 1.76. The van der Waals surface area contributed by atoms with Crippen LogP contribution in [0, 0.1) is 0 Å². The van der Waals surface area contributed by atoms with Crippen LogP contribution in [0.25, 0.3) is 0 Å². The maximum absolute atomic E-state index is 5.84. The van der Waals surface area contributed by atoms with E-state index in [0.29, 0.717) is 12.1 Å². The molecule has 0 aromatic heterocycles. The summed E-state index contributed by atoms with van der Waals surface area (Å²) in [6.45, 7) is 9.26. The van der Waals surface area contributed by atoms with E-state index in [1.807, 2.05) is 0 Å². The molecule has 0 amide bonds. The van der Waals surface area contributed by atoms with Crippen LogP contribution in [0.2, 0.25) is 0 Å². The molecule has 15 heavy (non-hydrogen) atoms. The number of nitrogens with zero attached hydrogens (tertiary/aromatic N) is 1. The zero-order valence-electron chi connectivity index (χ0n) is 10.8. The summed E-state index contributed by atoms with van der Waals surface area (Å²) >= 11 is 0. The average Bonchev–Trinajstić information content (AvgIpc) is 2.27. The van der Waals surface area contributed by atoms with E-state index >= 15 is 0 Å². The second-order valence-corrected chi connectivity index (χ2v) is 4.17. The van der Waals surface area contributed by atoms with Gasteiger partial charge in [0.2, 0.25) is 0 Å². The molecule has 0 rings (SSSR count). The Bertz CT molecular complexity index is 142. The van der Waals surface area contributed by atoms with Crippen molar-refractivity contribution in [3.63, 3.8) is 0 Å². The molecule has 3 nitrogen and oxygen atoms in total. The Morgan fingerprint density at radius 2 is 2.00 bits per heavy atom. The predicted molar refractivity (Wildman–Crippen MR) is 66.1 cm³/mol. The van der Waals surface area contributed by atoms with E-state index in [0.717, 1.165) is 19.7 Å². The minimum absolute atomic E-state index is 0.514. The van der Waals surface area contributed by atoms with Gasteiger partial charge in [-0.1, -0.05) is 20.3 Å². The fourth-order valence-corrected chi connectivity index (χ4v) is 1.95. The summed E-state index contributed by atoms with van der Waals surface area (Å²) < 4.78 is 5.16. The molecule has 0 saturated heterocycles. The van der Waals surface area contributed by atoms with Crippen molar-refractivity contribution in [2.75, 3.05) is 26.8 Å². The molecule has 2 atom stereocenters. The molecule has 0 aliphatic heterocycles. The monoisotopic (exact) mass is 216 g/mol. The van der Waals surface area contributed by atoms with Crippen molar-refractivity contribution >= 4 is 0 Å². The van der Waals surface area contributed by atoms with Crippen LogP contribution in [0.5, 0.6) is 0 Å². The molecular formula is C12H28N2O. The van der Waals surface area contributed by atoms with Crippen LogP contribution in [0.1, 0.15) is 40.0 Å². The molecule has 2 N–H and O–H groups in total. The van der Waals surface area contributed by atoms with Gasteiger partial charge >= 0.3 is 0 Å². The van der Waals surface area contributed by atoms with E-state index in [4.69, 9.17) is 10.5 Å². The Kier molecular flexibility index (Phi) is 9.06. The van der Waals surface area contributed by atoms with Crippen LogP contribution in [-0.4, -0.2) is 43.8 Å². The SMILES string of the molecule is CCCC(CN)N(CCOC)C(C)CC. The van der Waals surface area contributed by atoms with Crippen molar-refractivity contribution in [3.05, 3.63) is 0 Å². The minimum atomic E-state index is 0.514. The number of hydrogen-bond acceptors (Lipinski definition) is 3. The van der Waals surface area contributed by atoms with Gasteiger partial charge in [-0.15, -0.1) is 0 Å². The highest BCUT2D eigenvalue weighted by Crippen LogP contribution is 2.12. The van der Waals surface area contributed by atoms with Gasteiger partial charge < -0.3 is 10.5 Å². The molecule has 0 aromatic carbocycles. The fourth-order valence-electron chi connectivity index (χ4n) is 1.95. The molecule has 3 heteroatoms. The third-order valence-corrected chi connectivity index (χ3v) is 3.07. The Labute approximate surface area is 95.0 Å². The zero-order chi connectivity index (χ0) is 11.7. The van der Waals surface area contributed by atoms with Crippen LogP contribution in [0.4, 0.5) is 0 Å². The highest BCUT2D eigenvalue weighted by molar-refractivity contribution is 4.76. The lowest BCUT2D eigenvalue weighted by Crippen LogP contribution is -2.47. The topological polar surface area (TPSA) is 38.5 Å². The first-order valence-electron chi connectivity index (χ1n) is 6.15. The molecule has 0 aliphatic rings. The quantitative estimate of drug-likeness (QED) is 0.639. The standard InChI is InChI=1S/C12H28N2O/c1-5-7-12(10-13)14(8-9-15-4)11(3)6-2/h11-12H,5-10,13H2,1-4H3. The lowest BCUT2D eigenvalue weighted by atomic mass is 10.1. The smallest absolute Gasteiger partial charge is 0.0589 e. The van der Waals surface area contributed by atoms with Crippen molar-refractivity contribution in [2.45, 2.75) is 52.1 Å². The van der Waals surface area contributed by atoms with Crippen LogP contribution in [0.15, 0.2) is 0 Å². The van der Waals surface area contributed by atoms with Gasteiger partial charge in [0.15, 0.2) is 0 Å². The van der Waals surface area contributed by atoms with Gasteiger partial charge in [0.25, 0.3) is 0 Å². The average molecular weight is 216 g/mol. The van der Waals surface area contributed by atoms with Crippen LogP contribution in [0.3, 0.4) is 0 Å². The third kappa shape index (κ3) is 5.50. The number of rotatable bonds is 9. The molecule has 0 fully saturated rings. The first-order chi connectivity index (χ1) is 7.21. The molecule has 0 bridgehead atoms. The Morgan fingerprint density at radius 3 is 2.40 bits per heavy atom. The molecule has 0 radical (unpaired) electrons. The molecule has 0 saturated carbocycles. The lowest BCUT2D eigenvalue weighted by molar-refractivity contribution is 0.0865. The molecule has 0 spiro atoms. The molecule has 92 valence electrons. The second kappa shape index (κ2) is 9.13. The van der Waals surface area contributed by atoms with Gasteiger partial charge in [-0.05, 0) is 19.8 Å². The fraction of sp³-hybridized carbons (Fsp3) is 1.00. The number of hydrogen-bond donors (Lipinski definition) is 1. The summed E-state index contributed by atoms with van der Waals surface area (Å²) in [6, 6.07) is 1.11. The minimum Gasteiger partial charge on any atom is -0.383 e. The van der Waals surface area contributed by atoms with E-state index in [1.165, 1.54) is 19.3 Å². The first-order valence-corrected chi connectivity index (χ1v) is 6.15. The van der Waals surface area contributed by atoms with E-state index in [-0.39, 0.29) is 0 Å². The van der Waals surface area contributed by atoms with Crippen molar-refractivity contribution in [1.82, 2.24) is 4.90 Å². The molecule has 0 heterocycles. The second-order valence-electron chi connectivity index (χ2n) is 4.17. The first kappa shape index (κ1) is 14.9. The van der Waals surface area contributed by atoms with E-state index < -0.39 is 0 Å². The summed E-state index contributed by atoms with van der Waals surface area (Å²) in [5, 5.41) is 0. The summed E-state index contributed by atoms with van der Waals surface area (Å²) in [5.41, 5.74) is 5.84. The van der Waals surface area contributed by atoms with Gasteiger partial charge in [0, 0.05) is 32.3 Å². The van der Waals surface area contributed by atoms with Gasteiger partial charge in [0.05, 0.1) is 6.61 Å².